The maximum Gasteiger partial charge on any atom is 0.371 e. The van der Waals surface area contributed by atoms with E-state index in [2.05, 4.69) is 0 Å². The van der Waals surface area contributed by atoms with Crippen LogP contribution in [0.2, 0.25) is 0 Å². The lowest BCUT2D eigenvalue weighted by atomic mass is 10.2. The zero-order valence-corrected chi connectivity index (χ0v) is 27.0. The number of aromatic carboxylic acids is 3. The predicted octanol–water partition coefficient (Wildman–Crippen LogP) is 3.38. The molecule has 0 aliphatic carbocycles. The van der Waals surface area contributed by atoms with E-state index in [0.717, 1.165) is 18.2 Å². The number of carboxylic acids is 3. The Morgan fingerprint density at radius 2 is 0.868 bits per heavy atom. The van der Waals surface area contributed by atoms with E-state index in [4.69, 9.17) is 32.2 Å². The van der Waals surface area contributed by atoms with Crippen LogP contribution in [0.25, 0.3) is 32.9 Å². The number of aliphatic hydroxyl groups excluding tert-OH is 1. The summed E-state index contributed by atoms with van der Waals surface area (Å²) < 4.78 is 39.2. The fourth-order valence-electron chi connectivity index (χ4n) is 5.20. The quantitative estimate of drug-likeness (QED) is 0.118. The highest BCUT2D eigenvalue weighted by molar-refractivity contribution is 5.91. The molecule has 17 nitrogen and oxygen atoms in total. The molecule has 0 saturated heterocycles. The summed E-state index contributed by atoms with van der Waals surface area (Å²) in [6, 6.07) is 15.3. The highest BCUT2D eigenvalue weighted by Crippen LogP contribution is 2.27. The molecule has 1 unspecified atom stereocenters. The molecule has 0 aliphatic heterocycles. The van der Waals surface area contributed by atoms with Crippen molar-refractivity contribution in [1.29, 1.82) is 0 Å². The van der Waals surface area contributed by atoms with Crippen LogP contribution in [-0.2, 0) is 4.74 Å². The van der Waals surface area contributed by atoms with Gasteiger partial charge in [0.05, 0.1) is 6.61 Å². The summed E-state index contributed by atoms with van der Waals surface area (Å²) in [5.41, 5.74) is -2.22. The van der Waals surface area contributed by atoms with Crippen molar-refractivity contribution < 1.29 is 67.0 Å². The Hall–Kier alpha value is -6.98. The number of hydrogen-bond acceptors (Lipinski definition) is 14. The van der Waals surface area contributed by atoms with E-state index in [-0.39, 0.29) is 63.4 Å². The van der Waals surface area contributed by atoms with E-state index in [1.165, 1.54) is 54.6 Å². The van der Waals surface area contributed by atoms with Crippen molar-refractivity contribution in [2.24, 2.45) is 0 Å². The molecule has 17 heteroatoms. The van der Waals surface area contributed by atoms with Crippen molar-refractivity contribution in [3.63, 3.8) is 0 Å². The molecular formula is C36H26O17. The maximum atomic E-state index is 12.8. The van der Waals surface area contributed by atoms with Gasteiger partial charge in [-0.25, -0.2) is 14.4 Å². The predicted molar refractivity (Wildman–Crippen MR) is 181 cm³/mol. The molecule has 3 aromatic carbocycles. The first kappa shape index (κ1) is 35.8. The number of carboxylic acid groups (broad SMARTS) is 3. The third-order valence-corrected chi connectivity index (χ3v) is 7.59. The van der Waals surface area contributed by atoms with Gasteiger partial charge in [-0.15, -0.1) is 0 Å². The standard InChI is InChI=1S/C36H26O17/c37-17(14-48-22-4-1-7-25-31(22)19(38)10-28(51-25)34(41)42)13-47-18(15-49-23-5-2-8-26-32(23)20(39)11-29(52-26)35(43)44)16-50-24-6-3-9-27-33(24)21(40)12-30(53-27)36(45)46/h1-12,17-18,37H,13-16H2,(H,41,42)(H,43,44)(H,45,46). The molecule has 3 aromatic heterocycles. The van der Waals surface area contributed by atoms with Crippen molar-refractivity contribution >= 4 is 50.8 Å². The smallest absolute Gasteiger partial charge is 0.371 e. The second-order valence-corrected chi connectivity index (χ2v) is 11.3. The lowest BCUT2D eigenvalue weighted by Crippen LogP contribution is -2.34. The van der Waals surface area contributed by atoms with Gasteiger partial charge in [0.2, 0.25) is 17.3 Å². The molecule has 3 heterocycles. The molecule has 0 aliphatic rings. The van der Waals surface area contributed by atoms with E-state index in [1.54, 1.807) is 0 Å². The van der Waals surface area contributed by atoms with E-state index < -0.39 is 76.9 Å². The van der Waals surface area contributed by atoms with Crippen LogP contribution in [0, 0.1) is 0 Å². The number of rotatable bonds is 15. The van der Waals surface area contributed by atoms with Gasteiger partial charge in [-0.05, 0) is 36.4 Å². The topological polar surface area (TPSA) is 260 Å². The van der Waals surface area contributed by atoms with Gasteiger partial charge >= 0.3 is 17.9 Å². The summed E-state index contributed by atoms with van der Waals surface area (Å²) in [5, 5.41) is 38.3. The third-order valence-electron chi connectivity index (χ3n) is 7.59. The minimum Gasteiger partial charge on any atom is -0.490 e. The first-order valence-electron chi connectivity index (χ1n) is 15.5. The van der Waals surface area contributed by atoms with Gasteiger partial charge < -0.3 is 52.6 Å². The van der Waals surface area contributed by atoms with Crippen molar-refractivity contribution in [3.05, 3.63) is 121 Å². The zero-order valence-electron chi connectivity index (χ0n) is 27.0. The monoisotopic (exact) mass is 730 g/mol. The molecule has 0 amide bonds. The minimum absolute atomic E-state index is 0.0112. The number of carbonyl (C=O) groups is 3. The van der Waals surface area contributed by atoms with Crippen LogP contribution in [-0.4, -0.2) is 77.0 Å². The van der Waals surface area contributed by atoms with Crippen LogP contribution in [0.15, 0.2) is 100 Å². The fraction of sp³-hybridized carbons (Fsp3) is 0.167. The molecule has 0 spiro atoms. The van der Waals surface area contributed by atoms with E-state index in [9.17, 15) is 49.2 Å². The van der Waals surface area contributed by atoms with Gasteiger partial charge in [-0.1, -0.05) is 18.2 Å². The lowest BCUT2D eigenvalue weighted by Gasteiger charge is -2.22. The molecule has 6 aromatic rings. The van der Waals surface area contributed by atoms with Crippen LogP contribution in [0.4, 0.5) is 0 Å². The normalized spacial score (nSPS) is 11.9. The summed E-state index contributed by atoms with van der Waals surface area (Å²) in [6.07, 6.45) is -2.36. The number of ether oxygens (including phenoxy) is 4. The molecular weight excluding hydrogens is 704 g/mol. The summed E-state index contributed by atoms with van der Waals surface area (Å²) in [5.74, 6) is -5.99. The van der Waals surface area contributed by atoms with Gasteiger partial charge in [0, 0.05) is 18.2 Å². The molecule has 0 bridgehead atoms. The minimum atomic E-state index is -1.44. The Morgan fingerprint density at radius 1 is 0.528 bits per heavy atom. The van der Waals surface area contributed by atoms with Crippen LogP contribution in [0.5, 0.6) is 17.2 Å². The Morgan fingerprint density at radius 3 is 1.21 bits per heavy atom. The molecule has 1 atom stereocenters. The first-order valence-corrected chi connectivity index (χ1v) is 15.5. The highest BCUT2D eigenvalue weighted by Gasteiger charge is 2.21. The van der Waals surface area contributed by atoms with Crippen LogP contribution in [0.1, 0.15) is 31.7 Å². The van der Waals surface area contributed by atoms with Gasteiger partial charge in [0.25, 0.3) is 0 Å². The largest absolute Gasteiger partial charge is 0.490 e. The second-order valence-electron chi connectivity index (χ2n) is 11.3. The molecule has 53 heavy (non-hydrogen) atoms. The average Bonchev–Trinajstić information content (AvgIpc) is 3.12. The van der Waals surface area contributed by atoms with Crippen LogP contribution in [0.3, 0.4) is 0 Å². The lowest BCUT2D eigenvalue weighted by molar-refractivity contribution is -0.0534. The fourth-order valence-corrected chi connectivity index (χ4v) is 5.20. The van der Waals surface area contributed by atoms with E-state index in [0.29, 0.717) is 0 Å². The van der Waals surface area contributed by atoms with E-state index in [1.807, 2.05) is 0 Å². The molecule has 4 N–H and O–H groups in total. The van der Waals surface area contributed by atoms with Crippen molar-refractivity contribution in [3.8, 4) is 17.2 Å². The zero-order chi connectivity index (χ0) is 37.8. The van der Waals surface area contributed by atoms with E-state index >= 15 is 0 Å². The molecule has 0 radical (unpaired) electrons. The molecule has 0 fully saturated rings. The highest BCUT2D eigenvalue weighted by atomic mass is 16.6. The van der Waals surface area contributed by atoms with Gasteiger partial charge in [0.1, 0.15) is 82.2 Å². The second kappa shape index (κ2) is 15.1. The summed E-state index contributed by atoms with van der Waals surface area (Å²) >= 11 is 0. The van der Waals surface area contributed by atoms with Gasteiger partial charge in [0.15, 0.2) is 16.3 Å². The van der Waals surface area contributed by atoms with Gasteiger partial charge in [-0.3, -0.25) is 14.4 Å². The molecule has 6 rings (SSSR count). The Bertz CT molecular complexity index is 2450. The Kier molecular flexibility index (Phi) is 10.2. The number of fused-ring (bicyclic) bond motifs is 3. The Labute approximate surface area is 294 Å². The van der Waals surface area contributed by atoms with Crippen LogP contribution >= 0.6 is 0 Å². The summed E-state index contributed by atoms with van der Waals surface area (Å²) in [4.78, 5) is 72.3. The average molecular weight is 731 g/mol. The van der Waals surface area contributed by atoms with Crippen LogP contribution < -0.4 is 30.5 Å². The van der Waals surface area contributed by atoms with Crippen molar-refractivity contribution in [2.45, 2.75) is 12.2 Å². The number of aliphatic hydroxyl groups is 1. The number of hydrogen-bond donors (Lipinski definition) is 4. The summed E-state index contributed by atoms with van der Waals surface area (Å²) in [7, 11) is 0. The third kappa shape index (κ3) is 7.85. The summed E-state index contributed by atoms with van der Waals surface area (Å²) in [6.45, 7) is -1.46. The Balaban J connectivity index is 1.21. The SMILES string of the molecule is O=C(O)c1cc(=O)c2c(OCC(O)COC(COc3cccc4oc(C(=O)O)cc(=O)c34)COc3cccc4oc(C(=O)O)cc(=O)c34)cccc2o1. The number of benzene rings is 3. The van der Waals surface area contributed by atoms with Crippen molar-refractivity contribution in [2.75, 3.05) is 26.4 Å². The van der Waals surface area contributed by atoms with Crippen molar-refractivity contribution in [1.82, 2.24) is 0 Å². The molecule has 272 valence electrons. The maximum absolute atomic E-state index is 12.8. The molecule has 0 saturated carbocycles. The van der Waals surface area contributed by atoms with Gasteiger partial charge in [-0.2, -0.15) is 0 Å². The first-order chi connectivity index (χ1) is 25.4.